The molecule has 1 aliphatic heterocycles. The van der Waals surface area contributed by atoms with E-state index < -0.39 is 27.3 Å². The van der Waals surface area contributed by atoms with Gasteiger partial charge in [0.2, 0.25) is 0 Å². The van der Waals surface area contributed by atoms with E-state index in [4.69, 9.17) is 19.7 Å². The number of nitrogens with zero attached hydrogens (tertiary/aromatic N) is 4. The standard InChI is InChI=1S/C35H44N4O3Si/c1-25(2)27-10-8-26(9-11-27)24-41-30-14-12-28(13-15-30)31-32(29-16-18-36-19-17-29)37-39-21-20-38(34(40)33(31)39)22-23-42-43(6,7)35(3,4)5/h8-19,25H,20-24H2,1-7H3/i22D2,23D2. The SMILES string of the molecule is [2H]C([2H])(O[Si](C)(C)C(C)(C)C)C([2H])([2H])N1CCn2nc(-c3ccncc3)c(-c3ccc(OCc4ccc(C(C)C)cc4)cc3)c2C1=O. The van der Waals surface area contributed by atoms with Crippen molar-refractivity contribution in [3.63, 3.8) is 0 Å². The minimum Gasteiger partial charge on any atom is -0.489 e. The lowest BCUT2D eigenvalue weighted by atomic mass is 9.98. The van der Waals surface area contributed by atoms with Crippen molar-refractivity contribution in [3.05, 3.63) is 89.9 Å². The largest absolute Gasteiger partial charge is 0.489 e. The molecule has 43 heavy (non-hydrogen) atoms. The van der Waals surface area contributed by atoms with Crippen LogP contribution < -0.4 is 4.74 Å². The molecule has 0 radical (unpaired) electrons. The Morgan fingerprint density at radius 3 is 2.26 bits per heavy atom. The highest BCUT2D eigenvalue weighted by Crippen LogP contribution is 2.38. The fourth-order valence-corrected chi connectivity index (χ4v) is 5.21. The molecule has 5 rings (SSSR count). The number of hydrogen-bond acceptors (Lipinski definition) is 5. The summed E-state index contributed by atoms with van der Waals surface area (Å²) in [6, 6.07) is 19.4. The van der Waals surface area contributed by atoms with Crippen LogP contribution >= 0.6 is 0 Å². The van der Waals surface area contributed by atoms with Crippen molar-refractivity contribution < 1.29 is 19.4 Å². The van der Waals surface area contributed by atoms with Crippen LogP contribution in [0.2, 0.25) is 18.1 Å². The minimum absolute atomic E-state index is 0.0684. The summed E-state index contributed by atoms with van der Waals surface area (Å²) in [5, 5.41) is 4.45. The van der Waals surface area contributed by atoms with Crippen molar-refractivity contribution in [2.24, 2.45) is 0 Å². The van der Waals surface area contributed by atoms with Crippen molar-refractivity contribution >= 4 is 14.2 Å². The summed E-state index contributed by atoms with van der Waals surface area (Å²) in [6.07, 6.45) is 3.31. The van der Waals surface area contributed by atoms with Gasteiger partial charge in [-0.2, -0.15) is 5.10 Å². The maximum Gasteiger partial charge on any atom is 0.272 e. The molecule has 0 saturated heterocycles. The second kappa shape index (κ2) is 12.5. The summed E-state index contributed by atoms with van der Waals surface area (Å²) < 4.78 is 49.0. The van der Waals surface area contributed by atoms with E-state index in [1.165, 1.54) is 5.56 Å². The molecule has 0 spiro atoms. The van der Waals surface area contributed by atoms with Gasteiger partial charge in [-0.05, 0) is 65.0 Å². The molecule has 0 bridgehead atoms. The lowest BCUT2D eigenvalue weighted by Crippen LogP contribution is -2.46. The first-order valence-electron chi connectivity index (χ1n) is 16.8. The maximum atomic E-state index is 14.3. The van der Waals surface area contributed by atoms with Gasteiger partial charge >= 0.3 is 0 Å². The number of benzene rings is 2. The quantitative estimate of drug-likeness (QED) is 0.174. The number of aromatic nitrogens is 3. The first-order valence-corrected chi connectivity index (χ1v) is 17.7. The zero-order valence-electron chi connectivity index (χ0n) is 30.1. The van der Waals surface area contributed by atoms with Gasteiger partial charge in [0.1, 0.15) is 23.7 Å². The third kappa shape index (κ3) is 6.76. The van der Waals surface area contributed by atoms with Crippen molar-refractivity contribution in [3.8, 4) is 28.1 Å². The topological polar surface area (TPSA) is 69.5 Å². The number of amides is 1. The highest BCUT2D eigenvalue weighted by molar-refractivity contribution is 6.74. The molecule has 0 N–H and O–H groups in total. The van der Waals surface area contributed by atoms with Gasteiger partial charge < -0.3 is 14.1 Å². The van der Waals surface area contributed by atoms with E-state index in [1.807, 2.05) is 70.3 Å². The van der Waals surface area contributed by atoms with E-state index in [1.54, 1.807) is 17.1 Å². The van der Waals surface area contributed by atoms with Crippen LogP contribution in [0, 0.1) is 0 Å². The average Bonchev–Trinajstić information content (AvgIpc) is 3.40. The number of pyridine rings is 1. The van der Waals surface area contributed by atoms with Gasteiger partial charge in [0, 0.05) is 36.6 Å². The molecule has 2 aromatic heterocycles. The molecule has 7 nitrogen and oxygen atoms in total. The van der Waals surface area contributed by atoms with Crippen molar-refractivity contribution in [1.82, 2.24) is 19.7 Å². The van der Waals surface area contributed by atoms with Crippen LogP contribution in [0.5, 0.6) is 5.75 Å². The minimum atomic E-state index is -2.76. The Kier molecular flexibility index (Phi) is 7.45. The molecule has 4 aromatic rings. The summed E-state index contributed by atoms with van der Waals surface area (Å²) in [5.41, 5.74) is 5.05. The molecule has 2 aromatic carbocycles. The summed E-state index contributed by atoms with van der Waals surface area (Å²) in [4.78, 5) is 19.4. The second-order valence-electron chi connectivity index (χ2n) is 12.8. The van der Waals surface area contributed by atoms with E-state index in [9.17, 15) is 4.79 Å². The predicted molar refractivity (Wildman–Crippen MR) is 175 cm³/mol. The van der Waals surface area contributed by atoms with Gasteiger partial charge in [0.25, 0.3) is 5.91 Å². The molecular formula is C35H44N4O3Si. The summed E-state index contributed by atoms with van der Waals surface area (Å²) in [7, 11) is -2.74. The Morgan fingerprint density at radius 2 is 1.63 bits per heavy atom. The molecule has 0 saturated carbocycles. The Hall–Kier alpha value is -3.75. The number of carbonyl (C=O) groups is 1. The van der Waals surface area contributed by atoms with Crippen LogP contribution in [0.3, 0.4) is 0 Å². The number of hydrogen-bond donors (Lipinski definition) is 0. The molecule has 1 aliphatic rings. The molecule has 0 fully saturated rings. The van der Waals surface area contributed by atoms with Crippen molar-refractivity contribution in [2.45, 2.75) is 71.8 Å². The zero-order valence-corrected chi connectivity index (χ0v) is 27.1. The van der Waals surface area contributed by atoms with Gasteiger partial charge in [-0.25, -0.2) is 0 Å². The van der Waals surface area contributed by atoms with Crippen molar-refractivity contribution in [1.29, 1.82) is 0 Å². The molecule has 0 aliphatic carbocycles. The number of carbonyl (C=O) groups excluding carboxylic acids is 1. The Labute approximate surface area is 262 Å². The second-order valence-corrected chi connectivity index (χ2v) is 17.5. The monoisotopic (exact) mass is 600 g/mol. The lowest BCUT2D eigenvalue weighted by molar-refractivity contribution is 0.0666. The average molecular weight is 601 g/mol. The lowest BCUT2D eigenvalue weighted by Gasteiger charge is -2.37. The van der Waals surface area contributed by atoms with Crippen LogP contribution in [-0.4, -0.2) is 53.5 Å². The maximum absolute atomic E-state index is 14.3. The first-order chi connectivity index (χ1) is 21.9. The molecule has 226 valence electrons. The predicted octanol–water partition coefficient (Wildman–Crippen LogP) is 7.79. The molecular weight excluding hydrogens is 552 g/mol. The van der Waals surface area contributed by atoms with Gasteiger partial charge in [-0.15, -0.1) is 0 Å². The third-order valence-electron chi connectivity index (χ3n) is 8.38. The zero-order chi connectivity index (χ0) is 34.4. The highest BCUT2D eigenvalue weighted by Gasteiger charge is 2.38. The van der Waals surface area contributed by atoms with Crippen LogP contribution in [0.15, 0.2) is 73.1 Å². The van der Waals surface area contributed by atoms with Gasteiger partial charge in [0.15, 0.2) is 8.32 Å². The smallest absolute Gasteiger partial charge is 0.272 e. The third-order valence-corrected chi connectivity index (χ3v) is 12.6. The number of rotatable bonds is 10. The fraction of sp³-hybridized carbons (Fsp3) is 0.400. The van der Waals surface area contributed by atoms with Crippen LogP contribution in [-0.2, 0) is 17.6 Å². The molecule has 0 unspecified atom stereocenters. The van der Waals surface area contributed by atoms with E-state index in [0.717, 1.165) is 16.0 Å². The summed E-state index contributed by atoms with van der Waals surface area (Å²) >= 11 is 0. The summed E-state index contributed by atoms with van der Waals surface area (Å²) in [5.74, 6) is 0.462. The van der Waals surface area contributed by atoms with E-state index in [2.05, 4.69) is 43.1 Å². The Morgan fingerprint density at radius 1 is 0.953 bits per heavy atom. The van der Waals surface area contributed by atoms with Crippen LogP contribution in [0.4, 0.5) is 0 Å². The van der Waals surface area contributed by atoms with E-state index >= 15 is 0 Å². The van der Waals surface area contributed by atoms with E-state index in [-0.39, 0.29) is 23.8 Å². The molecule has 3 heterocycles. The highest BCUT2D eigenvalue weighted by atomic mass is 28.4. The number of fused-ring (bicyclic) bond motifs is 1. The first kappa shape index (κ1) is 25.7. The van der Waals surface area contributed by atoms with Gasteiger partial charge in [-0.1, -0.05) is 71.0 Å². The van der Waals surface area contributed by atoms with Gasteiger partial charge in [-0.3, -0.25) is 14.5 Å². The normalized spacial score (nSPS) is 15.9. The molecule has 8 heteroatoms. The van der Waals surface area contributed by atoms with Crippen molar-refractivity contribution in [2.75, 3.05) is 19.6 Å². The van der Waals surface area contributed by atoms with Gasteiger partial charge in [0.05, 0.1) is 18.6 Å². The number of ether oxygens (including phenoxy) is 1. The van der Waals surface area contributed by atoms with Crippen LogP contribution in [0.1, 0.15) is 67.6 Å². The molecule has 0 atom stereocenters. The Balaban J connectivity index is 1.48. The molecule has 1 amide bonds. The van der Waals surface area contributed by atoms with E-state index in [0.29, 0.717) is 35.1 Å². The van der Waals surface area contributed by atoms with Crippen LogP contribution in [0.25, 0.3) is 22.4 Å². The summed E-state index contributed by atoms with van der Waals surface area (Å²) in [6.45, 7) is 8.95. The Bertz CT molecular complexity index is 1720. The fourth-order valence-electron chi connectivity index (χ4n) is 4.60.